The van der Waals surface area contributed by atoms with Crippen molar-refractivity contribution in [1.29, 1.82) is 0 Å². The van der Waals surface area contributed by atoms with Crippen molar-refractivity contribution in [2.75, 3.05) is 19.6 Å². The third kappa shape index (κ3) is 4.88. The fraction of sp³-hybridized carbons (Fsp3) is 0.667. The van der Waals surface area contributed by atoms with Gasteiger partial charge in [0.2, 0.25) is 0 Å². The van der Waals surface area contributed by atoms with Crippen molar-refractivity contribution in [3.05, 3.63) is 29.8 Å². The predicted octanol–water partition coefficient (Wildman–Crippen LogP) is 2.98. The van der Waals surface area contributed by atoms with Gasteiger partial charge in [0.25, 0.3) is 0 Å². The molecule has 0 aromatic carbocycles. The summed E-state index contributed by atoms with van der Waals surface area (Å²) >= 11 is 0. The molecule has 0 radical (unpaired) electrons. The number of pyridine rings is 1. The van der Waals surface area contributed by atoms with E-state index in [1.165, 1.54) is 6.20 Å². The second-order valence-electron chi connectivity index (χ2n) is 5.95. The van der Waals surface area contributed by atoms with Gasteiger partial charge in [0, 0.05) is 18.8 Å². The fourth-order valence-electron chi connectivity index (χ4n) is 2.18. The molecule has 1 unspecified atom stereocenters. The molecule has 0 fully saturated rings. The molecule has 1 atom stereocenters. The maximum atomic E-state index is 13.3. The first-order valence-corrected chi connectivity index (χ1v) is 6.94. The van der Waals surface area contributed by atoms with Crippen LogP contribution in [0.15, 0.2) is 18.5 Å². The van der Waals surface area contributed by atoms with Crippen LogP contribution in [0.3, 0.4) is 0 Å². The van der Waals surface area contributed by atoms with Gasteiger partial charge in [-0.15, -0.1) is 0 Å². The Morgan fingerprint density at radius 3 is 2.63 bits per heavy atom. The fourth-order valence-corrected chi connectivity index (χ4v) is 2.18. The second kappa shape index (κ2) is 6.96. The molecule has 1 heterocycles. The minimum absolute atomic E-state index is 0.0597. The largest absolute Gasteiger partial charge is 0.330 e. The van der Waals surface area contributed by atoms with E-state index in [2.05, 4.69) is 37.6 Å². The van der Waals surface area contributed by atoms with Gasteiger partial charge in [-0.3, -0.25) is 9.88 Å². The molecule has 19 heavy (non-hydrogen) atoms. The van der Waals surface area contributed by atoms with Crippen LogP contribution in [0.25, 0.3) is 0 Å². The molecule has 0 aliphatic rings. The van der Waals surface area contributed by atoms with E-state index in [9.17, 15) is 4.39 Å². The maximum absolute atomic E-state index is 13.3. The summed E-state index contributed by atoms with van der Waals surface area (Å²) in [7, 11) is 0. The number of nitrogens with zero attached hydrogens (tertiary/aromatic N) is 2. The maximum Gasteiger partial charge on any atom is 0.141 e. The first kappa shape index (κ1) is 16.1. The SMILES string of the molecule is CCCN(CC(C)(C)CN)C(C)c1cncc(F)c1. The number of hydrogen-bond donors (Lipinski definition) is 1. The standard InChI is InChI=1S/C15H26FN3/c1-5-6-19(11-15(3,4)10-17)12(2)13-7-14(16)9-18-8-13/h7-9,12H,5-6,10-11,17H2,1-4H3. The lowest BCUT2D eigenvalue weighted by Gasteiger charge is -2.35. The van der Waals surface area contributed by atoms with Crippen LogP contribution < -0.4 is 5.73 Å². The first-order valence-electron chi connectivity index (χ1n) is 6.94. The molecule has 0 aliphatic carbocycles. The van der Waals surface area contributed by atoms with Gasteiger partial charge in [0.05, 0.1) is 6.20 Å². The van der Waals surface area contributed by atoms with Crippen LogP contribution in [0.2, 0.25) is 0 Å². The molecule has 2 N–H and O–H groups in total. The molecule has 0 amide bonds. The van der Waals surface area contributed by atoms with Crippen LogP contribution in [-0.4, -0.2) is 29.5 Å². The molecule has 1 aromatic rings. The zero-order valence-electron chi connectivity index (χ0n) is 12.5. The molecule has 4 heteroatoms. The molecule has 0 bridgehead atoms. The van der Waals surface area contributed by atoms with E-state index >= 15 is 0 Å². The van der Waals surface area contributed by atoms with Crippen LogP contribution in [0.1, 0.15) is 45.7 Å². The minimum atomic E-state index is -0.279. The molecule has 0 aliphatic heterocycles. The highest BCUT2D eigenvalue weighted by Gasteiger charge is 2.24. The van der Waals surface area contributed by atoms with Crippen molar-refractivity contribution in [1.82, 2.24) is 9.88 Å². The second-order valence-corrected chi connectivity index (χ2v) is 5.95. The number of hydrogen-bond acceptors (Lipinski definition) is 3. The van der Waals surface area contributed by atoms with Crippen molar-refractivity contribution in [3.8, 4) is 0 Å². The van der Waals surface area contributed by atoms with Gasteiger partial charge in [-0.25, -0.2) is 4.39 Å². The predicted molar refractivity (Wildman–Crippen MR) is 77.3 cm³/mol. The molecule has 3 nitrogen and oxygen atoms in total. The van der Waals surface area contributed by atoms with Crippen LogP contribution >= 0.6 is 0 Å². The first-order chi connectivity index (χ1) is 8.89. The lowest BCUT2D eigenvalue weighted by atomic mass is 9.92. The summed E-state index contributed by atoms with van der Waals surface area (Å²) in [6, 6.07) is 1.71. The normalized spacial score (nSPS) is 13.8. The van der Waals surface area contributed by atoms with Gasteiger partial charge in [-0.05, 0) is 43.5 Å². The Morgan fingerprint density at radius 1 is 1.42 bits per heavy atom. The quantitative estimate of drug-likeness (QED) is 0.826. The van der Waals surface area contributed by atoms with Crippen LogP contribution in [-0.2, 0) is 0 Å². The van der Waals surface area contributed by atoms with Gasteiger partial charge in [-0.2, -0.15) is 0 Å². The summed E-state index contributed by atoms with van der Waals surface area (Å²) in [4.78, 5) is 6.29. The van der Waals surface area contributed by atoms with Crippen molar-refractivity contribution < 1.29 is 4.39 Å². The van der Waals surface area contributed by atoms with E-state index in [0.717, 1.165) is 25.1 Å². The molecule has 1 aromatic heterocycles. The highest BCUT2D eigenvalue weighted by Crippen LogP contribution is 2.25. The zero-order valence-corrected chi connectivity index (χ0v) is 12.5. The number of halogens is 1. The highest BCUT2D eigenvalue weighted by atomic mass is 19.1. The van der Waals surface area contributed by atoms with Gasteiger partial charge < -0.3 is 5.73 Å². The van der Waals surface area contributed by atoms with Crippen molar-refractivity contribution in [2.24, 2.45) is 11.1 Å². The molecular formula is C15H26FN3. The van der Waals surface area contributed by atoms with E-state index in [1.807, 2.05) is 0 Å². The average Bonchev–Trinajstić information content (AvgIpc) is 2.37. The van der Waals surface area contributed by atoms with Crippen LogP contribution in [0.5, 0.6) is 0 Å². The topological polar surface area (TPSA) is 42.1 Å². The monoisotopic (exact) mass is 267 g/mol. The van der Waals surface area contributed by atoms with Crippen LogP contribution in [0.4, 0.5) is 4.39 Å². The molecule has 0 saturated heterocycles. The summed E-state index contributed by atoms with van der Waals surface area (Å²) in [6.07, 6.45) is 4.05. The summed E-state index contributed by atoms with van der Waals surface area (Å²) in [6.45, 7) is 11.1. The minimum Gasteiger partial charge on any atom is -0.330 e. The lowest BCUT2D eigenvalue weighted by molar-refractivity contribution is 0.140. The van der Waals surface area contributed by atoms with E-state index in [-0.39, 0.29) is 17.3 Å². The smallest absolute Gasteiger partial charge is 0.141 e. The third-order valence-electron chi connectivity index (χ3n) is 3.45. The Morgan fingerprint density at radius 2 is 2.11 bits per heavy atom. The van der Waals surface area contributed by atoms with Gasteiger partial charge in [-0.1, -0.05) is 20.8 Å². The molecule has 0 spiro atoms. The molecule has 1 rings (SSSR count). The van der Waals surface area contributed by atoms with Gasteiger partial charge in [0.1, 0.15) is 5.82 Å². The van der Waals surface area contributed by atoms with E-state index in [0.29, 0.717) is 6.54 Å². The van der Waals surface area contributed by atoms with Crippen LogP contribution in [0, 0.1) is 11.2 Å². The summed E-state index contributed by atoms with van der Waals surface area (Å²) < 4.78 is 13.3. The number of aromatic nitrogens is 1. The Labute approximate surface area is 116 Å². The average molecular weight is 267 g/mol. The summed E-state index contributed by atoms with van der Waals surface area (Å²) in [5.74, 6) is -0.279. The lowest BCUT2D eigenvalue weighted by Crippen LogP contribution is -2.40. The van der Waals surface area contributed by atoms with Crippen molar-refractivity contribution in [2.45, 2.75) is 40.2 Å². The van der Waals surface area contributed by atoms with Gasteiger partial charge >= 0.3 is 0 Å². The molecular weight excluding hydrogens is 241 g/mol. The number of rotatable bonds is 7. The van der Waals surface area contributed by atoms with Crippen molar-refractivity contribution >= 4 is 0 Å². The highest BCUT2D eigenvalue weighted by molar-refractivity contribution is 5.14. The third-order valence-corrected chi connectivity index (χ3v) is 3.45. The Kier molecular flexibility index (Phi) is 5.88. The van der Waals surface area contributed by atoms with Gasteiger partial charge in [0.15, 0.2) is 0 Å². The zero-order chi connectivity index (χ0) is 14.5. The van der Waals surface area contributed by atoms with E-state index in [4.69, 9.17) is 5.73 Å². The molecule has 108 valence electrons. The number of nitrogens with two attached hydrogens (primary N) is 1. The van der Waals surface area contributed by atoms with Crippen molar-refractivity contribution in [3.63, 3.8) is 0 Å². The Balaban J connectivity index is 2.86. The van der Waals surface area contributed by atoms with E-state index in [1.54, 1.807) is 12.3 Å². The summed E-state index contributed by atoms with van der Waals surface area (Å²) in [5.41, 5.74) is 6.79. The molecule has 0 saturated carbocycles. The Hall–Kier alpha value is -1.00. The van der Waals surface area contributed by atoms with E-state index < -0.39 is 0 Å². The summed E-state index contributed by atoms with van der Waals surface area (Å²) in [5, 5.41) is 0. The Bertz CT molecular complexity index is 393.